The molecule has 3 heterocycles. The zero-order valence-corrected chi connectivity index (χ0v) is 15.1. The largest absolute Gasteiger partial charge is 0.354 e. The molecule has 3 rings (SSSR count). The van der Waals surface area contributed by atoms with Crippen LogP contribution in [0.4, 0.5) is 5.82 Å². The Bertz CT molecular complexity index is 610. The smallest absolute Gasteiger partial charge is 0.225 e. The monoisotopic (exact) mass is 345 g/mol. The molecule has 0 aromatic carbocycles. The Hall–Kier alpha value is -2.15. The Morgan fingerprint density at radius 1 is 1.28 bits per heavy atom. The molecule has 7 nitrogen and oxygen atoms in total. The predicted octanol–water partition coefficient (Wildman–Crippen LogP) is 0.318. The molecule has 25 heavy (non-hydrogen) atoms. The summed E-state index contributed by atoms with van der Waals surface area (Å²) in [5.41, 5.74) is 0.974. The van der Waals surface area contributed by atoms with Crippen LogP contribution in [-0.4, -0.2) is 72.9 Å². The molecule has 2 saturated heterocycles. The molecule has 2 aliphatic rings. The van der Waals surface area contributed by atoms with Gasteiger partial charge in [-0.1, -0.05) is 13.0 Å². The minimum Gasteiger partial charge on any atom is -0.354 e. The molecule has 0 radical (unpaired) electrons. The predicted molar refractivity (Wildman–Crippen MR) is 96.2 cm³/mol. The number of nitrogens with zero attached hydrogens (tertiary/aromatic N) is 4. The fourth-order valence-electron chi connectivity index (χ4n) is 3.37. The molecule has 0 bridgehead atoms. The maximum Gasteiger partial charge on any atom is 0.225 e. The van der Waals surface area contributed by atoms with Crippen molar-refractivity contribution in [1.82, 2.24) is 20.1 Å². The molecule has 0 spiro atoms. The normalized spacial score (nSPS) is 21.7. The van der Waals surface area contributed by atoms with Crippen molar-refractivity contribution in [2.45, 2.75) is 19.9 Å². The molecule has 0 saturated carbocycles. The third-order valence-electron chi connectivity index (χ3n) is 5.13. The number of hydrogen-bond acceptors (Lipinski definition) is 5. The number of anilines is 1. The lowest BCUT2D eigenvalue weighted by molar-refractivity contribution is -0.128. The van der Waals surface area contributed by atoms with Gasteiger partial charge in [0.25, 0.3) is 0 Å². The van der Waals surface area contributed by atoms with Crippen LogP contribution in [0.2, 0.25) is 0 Å². The second kappa shape index (κ2) is 7.82. The third kappa shape index (κ3) is 4.28. The van der Waals surface area contributed by atoms with Crippen LogP contribution in [0, 0.1) is 5.92 Å². The molecule has 1 aromatic rings. The number of carbonyl (C=O) groups excluding carboxylic acids is 2. The second-order valence-corrected chi connectivity index (χ2v) is 6.84. The van der Waals surface area contributed by atoms with Crippen molar-refractivity contribution in [3.8, 4) is 0 Å². The Balaban J connectivity index is 1.48. The van der Waals surface area contributed by atoms with E-state index >= 15 is 0 Å². The van der Waals surface area contributed by atoms with Gasteiger partial charge in [-0.3, -0.25) is 9.59 Å². The van der Waals surface area contributed by atoms with E-state index in [1.807, 2.05) is 18.3 Å². The summed E-state index contributed by atoms with van der Waals surface area (Å²) in [5.74, 6) is 0.736. The minimum atomic E-state index is -0.236. The van der Waals surface area contributed by atoms with Crippen molar-refractivity contribution in [2.24, 2.45) is 5.92 Å². The summed E-state index contributed by atoms with van der Waals surface area (Å²) in [7, 11) is 1.73. The van der Waals surface area contributed by atoms with Crippen LogP contribution < -0.4 is 10.2 Å². The van der Waals surface area contributed by atoms with Crippen molar-refractivity contribution >= 4 is 17.6 Å². The highest BCUT2D eigenvalue weighted by molar-refractivity contribution is 5.89. The van der Waals surface area contributed by atoms with Gasteiger partial charge in [0.2, 0.25) is 11.8 Å². The molecule has 1 N–H and O–H groups in total. The van der Waals surface area contributed by atoms with E-state index in [0.717, 1.165) is 44.1 Å². The third-order valence-corrected chi connectivity index (χ3v) is 5.13. The highest BCUT2D eigenvalue weighted by atomic mass is 16.2. The highest BCUT2D eigenvalue weighted by Gasteiger charge is 2.31. The van der Waals surface area contributed by atoms with Gasteiger partial charge in [-0.2, -0.15) is 0 Å². The van der Waals surface area contributed by atoms with Gasteiger partial charge in [-0.15, -0.1) is 0 Å². The molecule has 0 aliphatic carbocycles. The number of likely N-dealkylation sites (tertiary alicyclic amines) is 1. The topological polar surface area (TPSA) is 68.8 Å². The lowest BCUT2D eigenvalue weighted by atomic mass is 10.1. The van der Waals surface area contributed by atoms with Gasteiger partial charge in [0.15, 0.2) is 0 Å². The number of rotatable bonds is 5. The highest BCUT2D eigenvalue weighted by Crippen LogP contribution is 2.17. The Kier molecular flexibility index (Phi) is 5.53. The van der Waals surface area contributed by atoms with Gasteiger partial charge in [0, 0.05) is 58.9 Å². The number of aromatic nitrogens is 1. The number of hydrogen-bond donors (Lipinski definition) is 1. The van der Waals surface area contributed by atoms with Gasteiger partial charge >= 0.3 is 0 Å². The molecule has 7 heteroatoms. The van der Waals surface area contributed by atoms with Crippen LogP contribution in [0.1, 0.15) is 18.9 Å². The molecule has 2 amide bonds. The quantitative estimate of drug-likeness (QED) is 0.832. The Morgan fingerprint density at radius 3 is 2.60 bits per heavy atom. The number of carbonyl (C=O) groups is 2. The van der Waals surface area contributed by atoms with Crippen molar-refractivity contribution in [1.29, 1.82) is 0 Å². The first-order valence-electron chi connectivity index (χ1n) is 9.00. The Morgan fingerprint density at radius 2 is 2.04 bits per heavy atom. The summed E-state index contributed by atoms with van der Waals surface area (Å²) in [6, 6.07) is 4.04. The summed E-state index contributed by atoms with van der Waals surface area (Å²) in [5, 5.41) is 2.92. The van der Waals surface area contributed by atoms with Crippen LogP contribution in [0.3, 0.4) is 0 Å². The van der Waals surface area contributed by atoms with E-state index in [1.54, 1.807) is 11.9 Å². The molecule has 1 aromatic heterocycles. The molecule has 0 unspecified atom stereocenters. The number of piperazine rings is 1. The summed E-state index contributed by atoms with van der Waals surface area (Å²) in [6.45, 7) is 8.39. The minimum absolute atomic E-state index is 0.0364. The first-order valence-corrected chi connectivity index (χ1v) is 9.00. The number of nitrogens with one attached hydrogen (secondary N) is 1. The van der Waals surface area contributed by atoms with E-state index in [1.165, 1.54) is 0 Å². The van der Waals surface area contributed by atoms with Gasteiger partial charge < -0.3 is 20.0 Å². The molecular weight excluding hydrogens is 318 g/mol. The molecule has 2 fully saturated rings. The van der Waals surface area contributed by atoms with Gasteiger partial charge in [0.05, 0.1) is 5.92 Å². The number of pyridine rings is 1. The fraction of sp³-hybridized carbons (Fsp3) is 0.611. The average molecular weight is 345 g/mol. The van der Waals surface area contributed by atoms with Crippen LogP contribution in [0.15, 0.2) is 18.3 Å². The van der Waals surface area contributed by atoms with Crippen LogP contribution in [0.25, 0.3) is 0 Å². The van der Waals surface area contributed by atoms with Crippen LogP contribution in [-0.2, 0) is 16.1 Å². The van der Waals surface area contributed by atoms with E-state index < -0.39 is 0 Å². The summed E-state index contributed by atoms with van der Waals surface area (Å²) < 4.78 is 0. The first kappa shape index (κ1) is 17.7. The Labute approximate surface area is 149 Å². The average Bonchev–Trinajstić information content (AvgIpc) is 2.99. The van der Waals surface area contributed by atoms with E-state index in [4.69, 9.17) is 0 Å². The fourth-order valence-corrected chi connectivity index (χ4v) is 3.37. The molecular formula is C18H27N5O2. The van der Waals surface area contributed by atoms with Crippen LogP contribution in [0.5, 0.6) is 0 Å². The lowest BCUT2D eigenvalue weighted by Gasteiger charge is -2.34. The molecule has 136 valence electrons. The SMILES string of the molecule is CCN1CCN(c2ccc(CNC(=O)[C@H]3CC(=O)N(C)C3)cn2)CC1. The standard InChI is InChI=1S/C18H27N5O2/c1-3-22-6-8-23(9-7-22)16-5-4-14(11-19-16)12-20-18(25)15-10-17(24)21(2)13-15/h4-5,11,15H,3,6-10,12-13H2,1-2H3,(H,20,25)/t15-/m0/s1. The van der Waals surface area contributed by atoms with Crippen molar-refractivity contribution in [2.75, 3.05) is 51.2 Å². The lowest BCUT2D eigenvalue weighted by Crippen LogP contribution is -2.46. The molecule has 2 aliphatic heterocycles. The summed E-state index contributed by atoms with van der Waals surface area (Å²) >= 11 is 0. The molecule has 1 atom stereocenters. The summed E-state index contributed by atoms with van der Waals surface area (Å²) in [4.78, 5) is 34.6. The zero-order chi connectivity index (χ0) is 17.8. The van der Waals surface area contributed by atoms with E-state index in [-0.39, 0.29) is 17.7 Å². The van der Waals surface area contributed by atoms with Gasteiger partial charge in [-0.05, 0) is 18.2 Å². The summed E-state index contributed by atoms with van der Waals surface area (Å²) in [6.07, 6.45) is 2.14. The van der Waals surface area contributed by atoms with E-state index in [0.29, 0.717) is 19.5 Å². The zero-order valence-electron chi connectivity index (χ0n) is 15.1. The number of amides is 2. The maximum absolute atomic E-state index is 12.2. The second-order valence-electron chi connectivity index (χ2n) is 6.84. The first-order chi connectivity index (χ1) is 12.1. The van der Waals surface area contributed by atoms with Gasteiger partial charge in [0.1, 0.15) is 5.82 Å². The van der Waals surface area contributed by atoms with Crippen LogP contribution >= 0.6 is 0 Å². The van der Waals surface area contributed by atoms with E-state index in [2.05, 4.69) is 27.0 Å². The maximum atomic E-state index is 12.2. The van der Waals surface area contributed by atoms with Crippen molar-refractivity contribution in [3.63, 3.8) is 0 Å². The van der Waals surface area contributed by atoms with E-state index in [9.17, 15) is 9.59 Å². The van der Waals surface area contributed by atoms with Gasteiger partial charge in [-0.25, -0.2) is 4.98 Å². The van der Waals surface area contributed by atoms with Crippen molar-refractivity contribution in [3.05, 3.63) is 23.9 Å². The van der Waals surface area contributed by atoms with Crippen molar-refractivity contribution < 1.29 is 9.59 Å². The number of likely N-dealkylation sites (N-methyl/N-ethyl adjacent to an activating group) is 1.